The largest absolute Gasteiger partial charge is 0.469 e. The first-order valence-electron chi connectivity index (χ1n) is 38.4. The number of aromatic nitrogens is 10. The van der Waals surface area contributed by atoms with E-state index < -0.39 is 238 Å². The molecule has 12 N–H and O–H groups in total. The molecule has 0 unspecified atom stereocenters. The molecular formula is C76H118FN10O29P5S. The van der Waals surface area contributed by atoms with Gasteiger partial charge in [0.15, 0.2) is 48.2 Å². The standard InChI is InChI=1S/2C17H25N2O8P.C15H25N2O5P.C14H23N2O4PS.C13H20FN2O4P/c1-26-12(21)7-10(20)9-8-19(17(25)18-15(9)24)16-14(23)13(22)11(27-16)5-6-28(2,3)4;1-9(20)26-8-11(21)10-7-19(17(25)18-15(10)24)16-14(23)13(22)12(27-16)5-6-28(2,3)4;1-16-11(18)6-8-17(15(16)20)14-13(21-2)12(19)10(22-14)7-9-23(3,4)5;1-19-12-11(18)9(6-8-21(2,3)4)20-13(12)16-7-5-10(17)15-14(16)22;1-21(2,3)5-4-8-10(17)9(14)11(20-8)7-6-15-13(19)16-12(7)18/h8,11,13-14,16,22-23H,2,5-7H2,1,3-4H3,(H,18,24,25);7,12-14,16,22-23H,2,5-6,8H2,1,3-4H3,(H,18,24,25);6,8,10,12-14,19H,3,7,9H2,1-2,4-5H3;5,7,9,11-13,18H,2,6,8H2,1,3-4H3,(H,15,17,22);6,8-11,17H,1,4-5H2,2-3H3,(H2,15,16,18,19)/t11-,13-,14-,16-;12-,13-,14-,16-;10-,12-,13-,14-;9-,11-,12-,13-;8-,9-,10-,11+/m11111/s1. The van der Waals surface area contributed by atoms with Crippen LogP contribution >= 0.6 is 46.6 Å². The maximum atomic E-state index is 14.2. The number of esters is 2. The maximum absolute atomic E-state index is 14.2. The molecule has 39 nitrogen and oxygen atoms in total. The smallest absolute Gasteiger partial charge is 0.332 e. The van der Waals surface area contributed by atoms with E-state index in [-0.39, 0.29) is 27.6 Å². The van der Waals surface area contributed by atoms with E-state index in [1.807, 2.05) is 54.9 Å². The van der Waals surface area contributed by atoms with Gasteiger partial charge in [-0.05, 0) is 142 Å². The van der Waals surface area contributed by atoms with Crippen molar-refractivity contribution in [2.45, 2.75) is 168 Å². The van der Waals surface area contributed by atoms with Gasteiger partial charge in [-0.25, -0.2) is 23.6 Å². The van der Waals surface area contributed by atoms with Crippen molar-refractivity contribution in [1.82, 2.24) is 47.8 Å². The lowest BCUT2D eigenvalue weighted by atomic mass is 10.0. The minimum Gasteiger partial charge on any atom is -0.469 e. The lowest BCUT2D eigenvalue weighted by molar-refractivity contribution is -0.140. The number of Topliss-reactive ketones (excluding diaryl/α,β-unsaturated/α-hetero) is 2. The molecule has 0 saturated carbocycles. The molecule has 0 amide bonds. The number of hydrogen-bond acceptors (Lipinski definition) is 30. The number of nitrogens with one attached hydrogen (secondary N) is 5. The predicted molar refractivity (Wildman–Crippen MR) is 473 cm³/mol. The summed E-state index contributed by atoms with van der Waals surface area (Å²) in [6.07, 6.45) is 13.5. The van der Waals surface area contributed by atoms with E-state index in [0.29, 0.717) is 38.0 Å². The zero-order chi connectivity index (χ0) is 92.1. The van der Waals surface area contributed by atoms with E-state index in [1.165, 1.54) is 44.2 Å². The molecule has 46 heteroatoms. The number of ether oxygens (including phenoxy) is 9. The summed E-state index contributed by atoms with van der Waals surface area (Å²) in [6, 6.07) is 2.66. The summed E-state index contributed by atoms with van der Waals surface area (Å²) in [4.78, 5) is 163. The summed E-state index contributed by atoms with van der Waals surface area (Å²) >= 11 is 5.16. The monoisotopic (exact) mass is 1840 g/mol. The fourth-order valence-electron chi connectivity index (χ4n) is 13.2. The van der Waals surface area contributed by atoms with Gasteiger partial charge in [0.2, 0.25) is 5.78 Å². The Morgan fingerprint density at radius 2 is 0.885 bits per heavy atom. The fraction of sp³-hybridized carbons (Fsp3) is 0.618. The van der Waals surface area contributed by atoms with Crippen LogP contribution in [0.1, 0.15) is 103 Å². The Bertz CT molecular complexity index is 5410. The van der Waals surface area contributed by atoms with Crippen LogP contribution in [0.15, 0.2) is 86.3 Å². The maximum Gasteiger partial charge on any atom is 0.332 e. The zero-order valence-corrected chi connectivity index (χ0v) is 76.3. The van der Waals surface area contributed by atoms with Gasteiger partial charge in [-0.3, -0.25) is 85.9 Å². The normalized spacial score (nSPS) is 27.1. The number of hydrogen-bond donors (Lipinski definition) is 12. The average molecular weight is 1840 g/mol. The van der Waals surface area contributed by atoms with Crippen LogP contribution in [0.5, 0.6) is 0 Å². The molecule has 122 heavy (non-hydrogen) atoms. The summed E-state index contributed by atoms with van der Waals surface area (Å²) in [5.41, 5.74) is -7.18. The van der Waals surface area contributed by atoms with E-state index in [2.05, 4.69) is 77.6 Å². The molecule has 5 saturated heterocycles. The number of aliphatic hydroxyl groups excluding tert-OH is 7. The number of H-pyrrole nitrogens is 5. The number of carbonyl (C=O) groups is 4. The number of alkyl halides is 1. The Kier molecular flexibility index (Phi) is 37.4. The molecule has 5 aromatic rings. The molecule has 0 aliphatic carbocycles. The first kappa shape index (κ1) is 104. The van der Waals surface area contributed by atoms with Crippen molar-refractivity contribution in [2.75, 3.05) is 125 Å². The van der Waals surface area contributed by atoms with Gasteiger partial charge < -0.3 is 83.4 Å². The highest BCUT2D eigenvalue weighted by Crippen LogP contribution is 2.45. The number of methoxy groups -OCH3 is 3. The number of nitrogens with zero attached hydrogens (tertiary/aromatic N) is 5. The SMILES string of the molecule is C=P(C)(C)CC[C@H]1O[C@@H](c2c[nH]c(=O)[nH]c2=O)[C@H](F)[C@@H]1O.C=P(C)(C)CC[C@H]1O[C@@H](n2cc(C(=O)CC(=O)OC)c(=O)[nH]c2=O)[C@H](O)[C@@H]1O.C=P(C)(C)CC[C@H]1O[C@@H](n2cc(C(=O)COC(C)=O)c(=O)[nH]c2=O)[C@H](O)[C@@H]1O.C=P(C)(C)CC[C@H]1O[C@@H](n2ccc(=O)[nH]c2=S)[C@H](OC)[C@@H]1O.C=P(C)(C)CC[C@H]1O[C@@H](n2ccc(=O)n(C)c2=O)[C@H](OC)[C@@H]1O. The number of rotatable bonds is 28. The van der Waals surface area contributed by atoms with Crippen molar-refractivity contribution in [1.29, 1.82) is 0 Å². The zero-order valence-electron chi connectivity index (χ0n) is 71.0. The van der Waals surface area contributed by atoms with Gasteiger partial charge >= 0.3 is 34.7 Å². The van der Waals surface area contributed by atoms with Crippen LogP contribution in [0.3, 0.4) is 0 Å². The minimum atomic E-state index is -1.70. The Hall–Kier alpha value is -7.03. The van der Waals surface area contributed by atoms with E-state index in [4.69, 9.17) is 45.4 Å². The van der Waals surface area contributed by atoms with Crippen molar-refractivity contribution < 1.29 is 102 Å². The van der Waals surface area contributed by atoms with Crippen LogP contribution in [-0.2, 0) is 59.3 Å². The van der Waals surface area contributed by atoms with Gasteiger partial charge in [-0.1, -0.05) is 0 Å². The molecule has 0 bridgehead atoms. The third-order valence-corrected chi connectivity index (χ3v) is 27.7. The van der Waals surface area contributed by atoms with Gasteiger partial charge in [0.1, 0.15) is 73.0 Å². The van der Waals surface area contributed by atoms with Crippen LogP contribution in [0.25, 0.3) is 0 Å². The second kappa shape index (κ2) is 43.9. The fourth-order valence-corrected chi connectivity index (χ4v) is 18.2. The summed E-state index contributed by atoms with van der Waals surface area (Å²) < 4.78 is 68.4. The molecule has 0 spiro atoms. The quantitative estimate of drug-likeness (QED) is 0.00987. The molecule has 5 aliphatic rings. The molecule has 684 valence electrons. The van der Waals surface area contributed by atoms with Crippen molar-refractivity contribution in [3.63, 3.8) is 0 Å². The molecule has 10 rings (SSSR count). The molecule has 20 atom stereocenters. The number of aliphatic hydroxyl groups is 7. The Labute approximate surface area is 706 Å². The van der Waals surface area contributed by atoms with Crippen molar-refractivity contribution in [3.05, 3.63) is 158 Å². The van der Waals surface area contributed by atoms with E-state index in [0.717, 1.165) is 71.2 Å². The number of aromatic amines is 5. The van der Waals surface area contributed by atoms with Gasteiger partial charge in [0.25, 0.3) is 27.8 Å². The lowest BCUT2D eigenvalue weighted by Crippen LogP contribution is -2.42. The van der Waals surface area contributed by atoms with E-state index in [9.17, 15) is 102 Å². The average Bonchev–Trinajstić information content (AvgIpc) is 1.61. The lowest BCUT2D eigenvalue weighted by Gasteiger charge is -2.20. The van der Waals surface area contributed by atoms with Gasteiger partial charge in [0, 0.05) is 71.3 Å². The van der Waals surface area contributed by atoms with Crippen molar-refractivity contribution in [3.8, 4) is 0 Å². The van der Waals surface area contributed by atoms with Gasteiger partial charge in [-0.15, -0.1) is 65.9 Å². The van der Waals surface area contributed by atoms with Crippen LogP contribution in [-0.4, -0.2) is 356 Å². The Morgan fingerprint density at radius 1 is 0.500 bits per heavy atom. The molecular weight excluding hydrogens is 1720 g/mol. The van der Waals surface area contributed by atoms with Crippen LogP contribution in [0.4, 0.5) is 4.39 Å². The molecule has 0 aromatic carbocycles. The Balaban J connectivity index is 0.000000237. The molecule has 5 aliphatic heterocycles. The Morgan fingerprint density at radius 3 is 1.27 bits per heavy atom. The first-order chi connectivity index (χ1) is 56.4. The van der Waals surface area contributed by atoms with Crippen LogP contribution in [0.2, 0.25) is 0 Å². The highest BCUT2D eigenvalue weighted by molar-refractivity contribution is 7.73. The van der Waals surface area contributed by atoms with E-state index >= 15 is 0 Å². The molecule has 10 heterocycles. The summed E-state index contributed by atoms with van der Waals surface area (Å²) in [5.74, 6) is -3.21. The van der Waals surface area contributed by atoms with Gasteiger partial charge in [-0.2, -0.15) is 0 Å². The first-order valence-corrected chi connectivity index (χ1v) is 54.1. The second-order valence-electron chi connectivity index (χ2n) is 33.6. The van der Waals surface area contributed by atoms with Crippen molar-refractivity contribution in [2.24, 2.45) is 7.05 Å². The van der Waals surface area contributed by atoms with Crippen LogP contribution < -0.4 is 50.6 Å². The second-order valence-corrected chi connectivity index (χ2v) is 55.6. The summed E-state index contributed by atoms with van der Waals surface area (Å²) in [5, 5.41) is 72.0. The number of halogens is 1. The molecule has 0 radical (unpaired) electrons. The summed E-state index contributed by atoms with van der Waals surface area (Å²) in [6.45, 7) is 14.7. The van der Waals surface area contributed by atoms with Crippen molar-refractivity contribution >= 4 is 102 Å². The third-order valence-electron chi connectivity index (χ3n) is 20.1. The number of ketones is 2. The van der Waals surface area contributed by atoms with Gasteiger partial charge in [0.05, 0.1) is 48.8 Å². The minimum absolute atomic E-state index is 0.0210. The van der Waals surface area contributed by atoms with E-state index in [1.54, 1.807) is 10.8 Å². The van der Waals surface area contributed by atoms with Crippen LogP contribution in [0, 0.1) is 4.77 Å². The highest BCUT2D eigenvalue weighted by atomic mass is 32.1. The predicted octanol–water partition coefficient (Wildman–Crippen LogP) is -0.499. The molecule has 5 aromatic heterocycles. The summed E-state index contributed by atoms with van der Waals surface area (Å²) in [7, 11) is 5.50. The number of carbonyl (C=O) groups excluding carboxylic acids is 4. The topological polar surface area (TPSA) is 550 Å². The molecule has 5 fully saturated rings. The third kappa shape index (κ3) is 29.0. The highest BCUT2D eigenvalue weighted by Gasteiger charge is 2.50.